The highest BCUT2D eigenvalue weighted by Crippen LogP contribution is 2.48. The van der Waals surface area contributed by atoms with Crippen molar-refractivity contribution in [3.63, 3.8) is 0 Å². The second-order valence-electron chi connectivity index (χ2n) is 17.3. The van der Waals surface area contributed by atoms with Crippen LogP contribution in [0.5, 0.6) is 17.4 Å². The maximum absolute atomic E-state index is 14.6. The molecule has 60 heavy (non-hydrogen) atoms. The van der Waals surface area contributed by atoms with Crippen molar-refractivity contribution < 1.29 is 46.9 Å². The maximum Gasteiger partial charge on any atom is 0.405 e. The van der Waals surface area contributed by atoms with Crippen LogP contribution < -0.4 is 29.6 Å². The molecule has 17 heteroatoms. The number of methoxy groups -OCH3 is 1. The molecular formula is C43H54N6O10S. The average molecular weight is 847 g/mol. The zero-order chi connectivity index (χ0) is 43.1. The van der Waals surface area contributed by atoms with Gasteiger partial charge in [0, 0.05) is 24.0 Å². The molecule has 322 valence electrons. The Labute approximate surface area is 349 Å². The van der Waals surface area contributed by atoms with E-state index >= 15 is 0 Å². The fourth-order valence-electron chi connectivity index (χ4n) is 8.27. The number of carboxylic acid groups (broad SMARTS) is 1. The number of nitrogens with one attached hydrogen (secondary N) is 3. The molecule has 2 aromatic carbocycles. The van der Waals surface area contributed by atoms with Crippen LogP contribution in [0.2, 0.25) is 0 Å². The average Bonchev–Trinajstić information content (AvgIpc) is 4.08. The lowest BCUT2D eigenvalue weighted by Crippen LogP contribution is -2.59. The summed E-state index contributed by atoms with van der Waals surface area (Å²) in [5.41, 5.74) is -0.387. The Morgan fingerprint density at radius 3 is 2.42 bits per heavy atom. The van der Waals surface area contributed by atoms with E-state index in [-0.39, 0.29) is 37.3 Å². The van der Waals surface area contributed by atoms with Crippen LogP contribution in [0.1, 0.15) is 79.6 Å². The number of sulfonamides is 1. The first-order chi connectivity index (χ1) is 28.4. The third-order valence-corrected chi connectivity index (χ3v) is 14.3. The first kappa shape index (κ1) is 42.7. The van der Waals surface area contributed by atoms with Crippen LogP contribution in [-0.4, -0.2) is 100 Å². The number of allylic oxidation sites excluding steroid dienone is 1. The Morgan fingerprint density at radius 2 is 1.75 bits per heavy atom. The van der Waals surface area contributed by atoms with Gasteiger partial charge in [0.05, 0.1) is 35.4 Å². The first-order valence-corrected chi connectivity index (χ1v) is 22.0. The normalized spacial score (nSPS) is 27.8. The van der Waals surface area contributed by atoms with Crippen LogP contribution in [0.3, 0.4) is 0 Å². The van der Waals surface area contributed by atoms with Crippen LogP contribution in [0.4, 0.5) is 4.79 Å². The van der Waals surface area contributed by atoms with Gasteiger partial charge in [-0.25, -0.2) is 18.2 Å². The number of carbonyl (C=O) groups excluding carboxylic acids is 3. The number of hydrogen-bond acceptors (Lipinski definition) is 11. The highest BCUT2D eigenvalue weighted by molar-refractivity contribution is 7.91. The van der Waals surface area contributed by atoms with Gasteiger partial charge in [-0.1, -0.05) is 26.0 Å². The number of aromatic nitrogens is 2. The van der Waals surface area contributed by atoms with Gasteiger partial charge in [-0.15, -0.1) is 0 Å². The molecule has 7 rings (SSSR count). The Morgan fingerprint density at radius 1 is 1.03 bits per heavy atom. The molecule has 7 atom stereocenters. The predicted molar refractivity (Wildman–Crippen MR) is 222 cm³/mol. The van der Waals surface area contributed by atoms with Crippen molar-refractivity contribution in [2.24, 2.45) is 17.8 Å². The van der Waals surface area contributed by atoms with Crippen LogP contribution in [-0.2, 0) is 24.4 Å². The first-order valence-electron chi connectivity index (χ1n) is 20.6. The number of fused-ring (bicyclic) bond motifs is 3. The number of ether oxygens (including phenoxy) is 3. The van der Waals surface area contributed by atoms with Gasteiger partial charge in [0.2, 0.25) is 27.7 Å². The van der Waals surface area contributed by atoms with E-state index in [4.69, 9.17) is 24.2 Å². The van der Waals surface area contributed by atoms with Crippen LogP contribution in [0.15, 0.2) is 54.6 Å². The summed E-state index contributed by atoms with van der Waals surface area (Å²) >= 11 is 0. The lowest BCUT2D eigenvalue weighted by atomic mass is 9.88. The Balaban J connectivity index is 1.24. The highest BCUT2D eigenvalue weighted by atomic mass is 32.2. The van der Waals surface area contributed by atoms with Crippen LogP contribution in [0, 0.1) is 17.8 Å². The van der Waals surface area contributed by atoms with E-state index in [1.54, 1.807) is 32.2 Å². The van der Waals surface area contributed by atoms with Crippen molar-refractivity contribution in [1.29, 1.82) is 0 Å². The van der Waals surface area contributed by atoms with Crippen molar-refractivity contribution in [3.05, 3.63) is 54.6 Å². The van der Waals surface area contributed by atoms with Crippen LogP contribution >= 0.6 is 0 Å². The van der Waals surface area contributed by atoms with Gasteiger partial charge in [0.25, 0.3) is 5.91 Å². The predicted octanol–water partition coefficient (Wildman–Crippen LogP) is 4.96. The minimum absolute atomic E-state index is 0.0194. The van der Waals surface area contributed by atoms with Gasteiger partial charge < -0.3 is 34.9 Å². The summed E-state index contributed by atoms with van der Waals surface area (Å²) in [4.78, 5) is 66.2. The van der Waals surface area contributed by atoms with Gasteiger partial charge in [-0.2, -0.15) is 4.98 Å². The third kappa shape index (κ3) is 8.86. The maximum atomic E-state index is 14.6. The highest BCUT2D eigenvalue weighted by Gasteiger charge is 2.63. The monoisotopic (exact) mass is 846 g/mol. The minimum Gasteiger partial charge on any atom is -0.497 e. The molecule has 16 nitrogen and oxygen atoms in total. The molecule has 2 aliphatic heterocycles. The zero-order valence-corrected chi connectivity index (χ0v) is 35.6. The number of amides is 4. The Bertz CT molecular complexity index is 2300. The Kier molecular flexibility index (Phi) is 11.8. The number of benzene rings is 2. The molecule has 0 spiro atoms. The second kappa shape index (κ2) is 16.5. The van der Waals surface area contributed by atoms with Gasteiger partial charge in [0.15, 0.2) is 5.82 Å². The zero-order valence-electron chi connectivity index (χ0n) is 34.8. The van der Waals surface area contributed by atoms with Gasteiger partial charge in [-0.3, -0.25) is 19.1 Å². The van der Waals surface area contributed by atoms with E-state index in [9.17, 15) is 32.7 Å². The largest absolute Gasteiger partial charge is 0.497 e. The summed E-state index contributed by atoms with van der Waals surface area (Å²) in [6.07, 6.45) is 4.36. The van der Waals surface area contributed by atoms with Gasteiger partial charge >= 0.3 is 6.09 Å². The minimum atomic E-state index is -4.03. The van der Waals surface area contributed by atoms with Crippen molar-refractivity contribution in [3.8, 4) is 28.8 Å². The molecule has 3 fully saturated rings. The second-order valence-corrected chi connectivity index (χ2v) is 19.5. The molecule has 2 saturated carbocycles. The van der Waals surface area contributed by atoms with E-state index < -0.39 is 74.1 Å². The van der Waals surface area contributed by atoms with Crippen molar-refractivity contribution >= 4 is 44.7 Å². The molecule has 0 unspecified atom stereocenters. The van der Waals surface area contributed by atoms with E-state index in [1.807, 2.05) is 64.1 Å². The number of rotatable bonds is 10. The molecular weight excluding hydrogens is 793 g/mol. The number of carbonyl (C=O) groups is 4. The van der Waals surface area contributed by atoms with E-state index in [0.29, 0.717) is 59.5 Å². The van der Waals surface area contributed by atoms with Gasteiger partial charge in [-0.05, 0) is 108 Å². The SMILES string of the molecule is COc1ccc2c(O[C@@H]3C[C@H]4C(=O)N[C@]5(C(=O)NS(=O)(=O)C6(C)CC6)C[C@H]5C=CCC[C@H](C)C[C@@H](C)[C@H](NC(=O)O)C(=O)N4C3)nc(-c3ccc(OC(C)C)cc3)nc2c1. The molecule has 4 amide bonds. The number of hydrogen-bond donors (Lipinski definition) is 4. The smallest absolute Gasteiger partial charge is 0.405 e. The van der Waals surface area contributed by atoms with Crippen molar-refractivity contribution in [1.82, 2.24) is 30.2 Å². The summed E-state index contributed by atoms with van der Waals surface area (Å²) in [6, 6.07) is 10.1. The van der Waals surface area contributed by atoms with Crippen molar-refractivity contribution in [2.45, 2.75) is 114 Å². The third-order valence-electron chi connectivity index (χ3n) is 12.2. The fourth-order valence-corrected chi connectivity index (χ4v) is 9.58. The summed E-state index contributed by atoms with van der Waals surface area (Å²) in [6.45, 7) is 9.16. The van der Waals surface area contributed by atoms with Gasteiger partial charge in [0.1, 0.15) is 35.2 Å². The fraction of sp³-hybridized carbons (Fsp3) is 0.535. The summed E-state index contributed by atoms with van der Waals surface area (Å²) < 4.78 is 45.6. The molecule has 3 aromatic rings. The standard InChI is InChI=1S/C43H54N6O10S/c1-24(2)58-29-13-11-27(12-14-29)36-44-33-20-30(57-6)15-16-32(33)38(46-36)59-31-21-34-37(50)47-43(40(52)48-60(55,56)42(5)17-18-42)22-28(43)10-8-7-9-25(3)19-26(4)35(45-41(53)54)39(51)49(34)23-31/h8,10-16,20,24-26,28,31,34-35,45H,7,9,17-19,21-23H2,1-6H3,(H,47,50)(H,48,52)(H,53,54)/t25-,26+,28+,31+,34-,35-,43+/m0/s1. The molecule has 1 saturated heterocycles. The van der Waals surface area contributed by atoms with E-state index in [1.165, 1.54) is 4.90 Å². The summed E-state index contributed by atoms with van der Waals surface area (Å²) in [5.74, 6) is -1.22. The lowest BCUT2D eigenvalue weighted by Gasteiger charge is -2.32. The molecule has 4 aliphatic rings. The molecule has 3 heterocycles. The topological polar surface area (TPSA) is 215 Å². The Hall–Kier alpha value is -5.45. The molecule has 4 N–H and O–H groups in total. The lowest BCUT2D eigenvalue weighted by molar-refractivity contribution is -0.142. The molecule has 1 aromatic heterocycles. The molecule has 2 aliphatic carbocycles. The number of nitrogens with zero attached hydrogens (tertiary/aromatic N) is 3. The van der Waals surface area contributed by atoms with Crippen LogP contribution in [0.25, 0.3) is 22.3 Å². The molecule has 0 bridgehead atoms. The van der Waals surface area contributed by atoms with E-state index in [0.717, 1.165) is 6.42 Å². The summed E-state index contributed by atoms with van der Waals surface area (Å²) in [7, 11) is -2.49. The van der Waals surface area contributed by atoms with Crippen molar-refractivity contribution in [2.75, 3.05) is 13.7 Å². The summed E-state index contributed by atoms with van der Waals surface area (Å²) in [5, 5.41) is 15.7. The van der Waals surface area contributed by atoms with E-state index in [2.05, 4.69) is 15.4 Å². The molecule has 0 radical (unpaired) electrons. The quantitative estimate of drug-likeness (QED) is 0.199.